The third-order valence-corrected chi connectivity index (χ3v) is 4.63. The van der Waals surface area contributed by atoms with E-state index in [2.05, 4.69) is 46.1 Å². The molecule has 4 rings (SSSR count). The lowest BCUT2D eigenvalue weighted by Crippen LogP contribution is -2.21. The molecule has 0 radical (unpaired) electrons. The van der Waals surface area contributed by atoms with Crippen molar-refractivity contribution in [1.29, 1.82) is 0 Å². The van der Waals surface area contributed by atoms with Gasteiger partial charge in [0, 0.05) is 25.5 Å². The summed E-state index contributed by atoms with van der Waals surface area (Å²) in [6.45, 7) is 1.94. The van der Waals surface area contributed by atoms with E-state index in [1.165, 1.54) is 20.4 Å². The number of halogens is 1. The van der Waals surface area contributed by atoms with Gasteiger partial charge in [-0.05, 0) is 30.7 Å². The fourth-order valence-electron chi connectivity index (χ4n) is 3.07. The van der Waals surface area contributed by atoms with Crippen LogP contribution in [-0.4, -0.2) is 50.2 Å². The fraction of sp³-hybridized carbons (Fsp3) is 0.136. The Hall–Kier alpha value is -4.74. The number of methoxy groups -OCH3 is 1. The lowest BCUT2D eigenvalue weighted by Gasteiger charge is -2.15. The topological polar surface area (TPSA) is 140 Å². The summed E-state index contributed by atoms with van der Waals surface area (Å²) in [5.41, 5.74) is 1.84. The van der Waals surface area contributed by atoms with Gasteiger partial charge in [-0.15, -0.1) is 10.2 Å². The van der Waals surface area contributed by atoms with E-state index in [1.54, 1.807) is 18.3 Å². The van der Waals surface area contributed by atoms with Crippen LogP contribution in [-0.2, 0) is 0 Å². The van der Waals surface area contributed by atoms with Gasteiger partial charge in [-0.2, -0.15) is 0 Å². The predicted octanol–water partition coefficient (Wildman–Crippen LogP) is 3.03. The molecule has 11 nitrogen and oxygen atoms in total. The molecule has 34 heavy (non-hydrogen) atoms. The number of nitrogens with zero attached hydrogens (tertiary/aromatic N) is 6. The van der Waals surface area contributed by atoms with Crippen LogP contribution in [0.2, 0.25) is 0 Å². The van der Waals surface area contributed by atoms with Gasteiger partial charge < -0.3 is 20.7 Å². The monoisotopic (exact) mass is 461 g/mol. The van der Waals surface area contributed by atoms with E-state index >= 15 is 0 Å². The lowest BCUT2D eigenvalue weighted by molar-refractivity contribution is 0.0958. The summed E-state index contributed by atoms with van der Waals surface area (Å²) in [5.74, 6) is 0.721. The Labute approximate surface area is 193 Å². The molecule has 0 aliphatic rings. The molecule has 0 bridgehead atoms. The van der Waals surface area contributed by atoms with Gasteiger partial charge in [-0.1, -0.05) is 0 Å². The number of nitrogens with one attached hydrogen (secondary N) is 3. The summed E-state index contributed by atoms with van der Waals surface area (Å²) in [6.07, 6.45) is 5.30. The normalized spacial score (nSPS) is 10.5. The number of hydrogen-bond donors (Lipinski definition) is 3. The molecule has 0 aliphatic carbocycles. The van der Waals surface area contributed by atoms with E-state index in [0.29, 0.717) is 28.6 Å². The molecule has 4 aromatic heterocycles. The zero-order chi connectivity index (χ0) is 24.1. The van der Waals surface area contributed by atoms with E-state index in [-0.39, 0.29) is 17.3 Å². The maximum atomic E-state index is 13.3. The first-order valence-electron chi connectivity index (χ1n) is 10.1. The van der Waals surface area contributed by atoms with E-state index in [1.807, 2.05) is 19.1 Å². The highest BCUT2D eigenvalue weighted by Crippen LogP contribution is 2.35. The van der Waals surface area contributed by atoms with Crippen molar-refractivity contribution in [3.05, 3.63) is 66.1 Å². The first-order valence-corrected chi connectivity index (χ1v) is 10.1. The standard InChI is InChI=1S/C22H20FN9O2/c1-12-4-6-25-16(8-12)30-17-9-15(18(32-31-17)22(33)24-2)29-21-19(34-3)14(5-7-26-21)20-27-10-13(23)11-28-20/h4-11H,1-3H3,(H,24,33)(H2,25,26,29,30,31). The largest absolute Gasteiger partial charge is 0.492 e. The average Bonchev–Trinajstić information content (AvgIpc) is 2.84. The smallest absolute Gasteiger partial charge is 0.273 e. The molecule has 0 saturated heterocycles. The van der Waals surface area contributed by atoms with Crippen molar-refractivity contribution in [3.8, 4) is 17.1 Å². The quantitative estimate of drug-likeness (QED) is 0.376. The van der Waals surface area contributed by atoms with Crippen molar-refractivity contribution in [1.82, 2.24) is 35.5 Å². The summed E-state index contributed by atoms with van der Waals surface area (Å²) in [7, 11) is 2.94. The number of pyridine rings is 2. The summed E-state index contributed by atoms with van der Waals surface area (Å²) < 4.78 is 18.8. The molecule has 0 aliphatic heterocycles. The highest BCUT2D eigenvalue weighted by Gasteiger charge is 2.19. The van der Waals surface area contributed by atoms with Crippen LogP contribution in [0, 0.1) is 12.7 Å². The molecule has 4 aromatic rings. The molecular formula is C22H20FN9O2. The van der Waals surface area contributed by atoms with Crippen LogP contribution in [0.15, 0.2) is 49.1 Å². The number of rotatable bonds is 7. The van der Waals surface area contributed by atoms with Gasteiger partial charge in [0.1, 0.15) is 5.82 Å². The Morgan fingerprint density at radius 2 is 1.74 bits per heavy atom. The average molecular weight is 461 g/mol. The van der Waals surface area contributed by atoms with Crippen molar-refractivity contribution >= 4 is 29.0 Å². The van der Waals surface area contributed by atoms with Crippen LogP contribution in [0.5, 0.6) is 5.75 Å². The zero-order valence-corrected chi connectivity index (χ0v) is 18.5. The molecule has 0 fully saturated rings. The molecule has 12 heteroatoms. The maximum Gasteiger partial charge on any atom is 0.273 e. The highest BCUT2D eigenvalue weighted by atomic mass is 19.1. The lowest BCUT2D eigenvalue weighted by atomic mass is 10.2. The molecule has 0 aromatic carbocycles. The number of aromatic nitrogens is 6. The number of aryl methyl sites for hydroxylation is 1. The van der Waals surface area contributed by atoms with Crippen molar-refractivity contribution in [2.45, 2.75) is 6.92 Å². The molecule has 172 valence electrons. The number of ether oxygens (including phenoxy) is 1. The van der Waals surface area contributed by atoms with Gasteiger partial charge in [0.25, 0.3) is 5.91 Å². The third-order valence-electron chi connectivity index (χ3n) is 4.63. The second-order valence-electron chi connectivity index (χ2n) is 7.00. The van der Waals surface area contributed by atoms with E-state index in [4.69, 9.17) is 4.74 Å². The van der Waals surface area contributed by atoms with E-state index in [0.717, 1.165) is 18.0 Å². The van der Waals surface area contributed by atoms with E-state index < -0.39 is 11.7 Å². The minimum atomic E-state index is -0.559. The summed E-state index contributed by atoms with van der Waals surface area (Å²) in [6, 6.07) is 6.95. The minimum absolute atomic E-state index is 0.0394. The minimum Gasteiger partial charge on any atom is -0.492 e. The molecular weight excluding hydrogens is 441 g/mol. The first kappa shape index (κ1) is 22.5. The Bertz CT molecular complexity index is 1330. The molecule has 0 spiro atoms. The summed E-state index contributed by atoms with van der Waals surface area (Å²) in [5, 5.41) is 16.8. The number of carbonyl (C=O) groups is 1. The maximum absolute atomic E-state index is 13.3. The highest BCUT2D eigenvalue weighted by molar-refractivity contribution is 5.98. The van der Waals surface area contributed by atoms with Gasteiger partial charge in [0.15, 0.2) is 34.7 Å². The number of anilines is 4. The Balaban J connectivity index is 1.74. The molecule has 4 heterocycles. The van der Waals surface area contributed by atoms with Crippen molar-refractivity contribution < 1.29 is 13.9 Å². The van der Waals surface area contributed by atoms with Crippen LogP contribution < -0.4 is 20.7 Å². The molecule has 0 atom stereocenters. The Kier molecular flexibility index (Phi) is 6.48. The van der Waals surface area contributed by atoms with Crippen molar-refractivity contribution in [2.75, 3.05) is 24.8 Å². The second kappa shape index (κ2) is 9.81. The number of hydrogen-bond acceptors (Lipinski definition) is 10. The number of amides is 1. The molecule has 0 unspecified atom stereocenters. The fourth-order valence-corrected chi connectivity index (χ4v) is 3.07. The van der Waals surface area contributed by atoms with Gasteiger partial charge in [0.2, 0.25) is 0 Å². The number of carbonyl (C=O) groups excluding carboxylic acids is 1. The van der Waals surface area contributed by atoms with Crippen molar-refractivity contribution in [2.24, 2.45) is 0 Å². The summed E-state index contributed by atoms with van der Waals surface area (Å²) in [4.78, 5) is 29.0. The van der Waals surface area contributed by atoms with Crippen molar-refractivity contribution in [3.63, 3.8) is 0 Å². The van der Waals surface area contributed by atoms with Crippen LogP contribution in [0.3, 0.4) is 0 Å². The van der Waals surface area contributed by atoms with Crippen LogP contribution in [0.4, 0.5) is 27.5 Å². The van der Waals surface area contributed by atoms with Crippen LogP contribution in [0.1, 0.15) is 16.1 Å². The molecule has 1 amide bonds. The van der Waals surface area contributed by atoms with Gasteiger partial charge in [-0.25, -0.2) is 24.3 Å². The van der Waals surface area contributed by atoms with Gasteiger partial charge in [0.05, 0.1) is 30.8 Å². The summed E-state index contributed by atoms with van der Waals surface area (Å²) >= 11 is 0. The molecule has 0 saturated carbocycles. The second-order valence-corrected chi connectivity index (χ2v) is 7.00. The van der Waals surface area contributed by atoms with Gasteiger partial charge in [-0.3, -0.25) is 4.79 Å². The van der Waals surface area contributed by atoms with Crippen LogP contribution in [0.25, 0.3) is 11.4 Å². The SMILES string of the molecule is CNC(=O)c1nnc(Nc2cc(C)ccn2)cc1Nc1nccc(-c2ncc(F)cn2)c1OC. The first-order chi connectivity index (χ1) is 16.5. The predicted molar refractivity (Wildman–Crippen MR) is 123 cm³/mol. The molecule has 3 N–H and O–H groups in total. The van der Waals surface area contributed by atoms with Gasteiger partial charge >= 0.3 is 0 Å². The van der Waals surface area contributed by atoms with E-state index in [9.17, 15) is 9.18 Å². The van der Waals surface area contributed by atoms with Crippen LogP contribution >= 0.6 is 0 Å². The Morgan fingerprint density at radius 3 is 2.44 bits per heavy atom. The zero-order valence-electron chi connectivity index (χ0n) is 18.5. The Morgan fingerprint density at radius 1 is 0.971 bits per heavy atom. The third kappa shape index (κ3) is 4.85.